The van der Waals surface area contributed by atoms with Gasteiger partial charge < -0.3 is 19.9 Å². The summed E-state index contributed by atoms with van der Waals surface area (Å²) in [6, 6.07) is 13.8. The molecule has 0 aromatic heterocycles. The van der Waals surface area contributed by atoms with Gasteiger partial charge in [-0.15, -0.1) is 0 Å². The van der Waals surface area contributed by atoms with E-state index in [1.807, 2.05) is 6.92 Å². The first-order valence-corrected chi connectivity index (χ1v) is 9.67. The number of nitrogens with one attached hydrogen (secondary N) is 1. The van der Waals surface area contributed by atoms with E-state index >= 15 is 0 Å². The minimum atomic E-state index is -0.287. The normalized spacial score (nSPS) is 13.7. The highest BCUT2D eigenvalue weighted by molar-refractivity contribution is 6.06. The first kappa shape index (κ1) is 20.4. The molecule has 1 saturated heterocycles. The number of benzene rings is 2. The van der Waals surface area contributed by atoms with Crippen molar-refractivity contribution in [1.82, 2.24) is 9.80 Å². The molecule has 1 heterocycles. The molecule has 2 aromatic carbocycles. The Bertz CT molecular complexity index is 887. The fraction of sp³-hybridized carbons (Fsp3) is 0.318. The van der Waals surface area contributed by atoms with Crippen LogP contribution in [0.4, 0.5) is 5.69 Å². The summed E-state index contributed by atoms with van der Waals surface area (Å²) in [5.74, 6) is 0.335. The van der Waals surface area contributed by atoms with Crippen molar-refractivity contribution in [2.75, 3.05) is 38.1 Å². The molecule has 152 valence electrons. The van der Waals surface area contributed by atoms with Crippen molar-refractivity contribution in [2.45, 2.75) is 13.8 Å². The molecule has 0 aliphatic carbocycles. The molecule has 1 aliphatic heterocycles. The lowest BCUT2D eigenvalue weighted by molar-refractivity contribution is -0.130. The summed E-state index contributed by atoms with van der Waals surface area (Å²) in [6.07, 6.45) is 0. The maximum absolute atomic E-state index is 12.8. The smallest absolute Gasteiger partial charge is 0.255 e. The predicted molar refractivity (Wildman–Crippen MR) is 110 cm³/mol. The number of piperazine rings is 1. The molecule has 0 radical (unpaired) electrons. The van der Waals surface area contributed by atoms with Crippen molar-refractivity contribution >= 4 is 23.4 Å². The molecule has 3 amide bonds. The van der Waals surface area contributed by atoms with Crippen LogP contribution in [-0.2, 0) is 4.79 Å². The first-order chi connectivity index (χ1) is 14.0. The molecule has 7 heteroatoms. The van der Waals surface area contributed by atoms with Crippen LogP contribution in [0.3, 0.4) is 0 Å². The van der Waals surface area contributed by atoms with Gasteiger partial charge in [-0.05, 0) is 49.4 Å². The van der Waals surface area contributed by atoms with Crippen LogP contribution in [-0.4, -0.2) is 60.3 Å². The summed E-state index contributed by atoms with van der Waals surface area (Å²) >= 11 is 0. The van der Waals surface area contributed by atoms with Crippen LogP contribution < -0.4 is 10.1 Å². The van der Waals surface area contributed by atoms with Crippen molar-refractivity contribution in [3.63, 3.8) is 0 Å². The Balaban J connectivity index is 1.64. The quantitative estimate of drug-likeness (QED) is 0.844. The van der Waals surface area contributed by atoms with Gasteiger partial charge in [0, 0.05) is 49.9 Å². The average molecular weight is 395 g/mol. The molecule has 29 heavy (non-hydrogen) atoms. The zero-order valence-corrected chi connectivity index (χ0v) is 16.7. The summed E-state index contributed by atoms with van der Waals surface area (Å²) in [5, 5.41) is 2.83. The number of carbonyl (C=O) groups excluding carboxylic acids is 3. The van der Waals surface area contributed by atoms with E-state index in [0.29, 0.717) is 49.6 Å². The molecule has 1 N–H and O–H groups in total. The Morgan fingerprint density at radius 3 is 2.17 bits per heavy atom. The highest BCUT2D eigenvalue weighted by Crippen LogP contribution is 2.17. The number of hydrogen-bond acceptors (Lipinski definition) is 4. The molecule has 0 spiro atoms. The molecule has 1 fully saturated rings. The van der Waals surface area contributed by atoms with Crippen LogP contribution in [0, 0.1) is 0 Å². The van der Waals surface area contributed by atoms with Crippen LogP contribution in [0.2, 0.25) is 0 Å². The summed E-state index contributed by atoms with van der Waals surface area (Å²) in [6.45, 7) is 6.05. The van der Waals surface area contributed by atoms with Gasteiger partial charge in [0.05, 0.1) is 6.61 Å². The molecule has 0 atom stereocenters. The van der Waals surface area contributed by atoms with Crippen molar-refractivity contribution < 1.29 is 19.1 Å². The van der Waals surface area contributed by atoms with E-state index in [1.54, 1.807) is 58.3 Å². The summed E-state index contributed by atoms with van der Waals surface area (Å²) < 4.78 is 5.39. The van der Waals surface area contributed by atoms with Gasteiger partial charge in [-0.1, -0.05) is 6.07 Å². The largest absolute Gasteiger partial charge is 0.494 e. The van der Waals surface area contributed by atoms with Crippen molar-refractivity contribution in [1.29, 1.82) is 0 Å². The van der Waals surface area contributed by atoms with Gasteiger partial charge in [-0.2, -0.15) is 0 Å². The second kappa shape index (κ2) is 9.23. The lowest BCUT2D eigenvalue weighted by Gasteiger charge is -2.34. The number of nitrogens with zero attached hydrogens (tertiary/aromatic N) is 2. The number of carbonyl (C=O) groups is 3. The van der Waals surface area contributed by atoms with E-state index in [9.17, 15) is 14.4 Å². The number of amides is 3. The van der Waals surface area contributed by atoms with E-state index in [1.165, 1.54) is 6.92 Å². The molecule has 0 saturated carbocycles. The molecule has 7 nitrogen and oxygen atoms in total. The number of hydrogen-bond donors (Lipinski definition) is 1. The highest BCUT2D eigenvalue weighted by Gasteiger charge is 2.23. The van der Waals surface area contributed by atoms with Crippen molar-refractivity contribution in [3.05, 3.63) is 59.7 Å². The summed E-state index contributed by atoms with van der Waals surface area (Å²) in [7, 11) is 0. The lowest BCUT2D eigenvalue weighted by atomic mass is 10.1. The van der Waals surface area contributed by atoms with E-state index in [0.717, 1.165) is 5.75 Å². The first-order valence-electron chi connectivity index (χ1n) is 9.67. The van der Waals surface area contributed by atoms with Gasteiger partial charge in [-0.25, -0.2) is 0 Å². The van der Waals surface area contributed by atoms with E-state index in [-0.39, 0.29) is 17.7 Å². The van der Waals surface area contributed by atoms with Gasteiger partial charge in [0.25, 0.3) is 11.8 Å². The summed E-state index contributed by atoms with van der Waals surface area (Å²) in [4.78, 5) is 40.2. The highest BCUT2D eigenvalue weighted by atomic mass is 16.5. The van der Waals surface area contributed by atoms with Crippen LogP contribution in [0.5, 0.6) is 5.75 Å². The van der Waals surface area contributed by atoms with Crippen molar-refractivity contribution in [2.24, 2.45) is 0 Å². The molecular formula is C22H25N3O4. The summed E-state index contributed by atoms with van der Waals surface area (Å²) in [5.41, 5.74) is 1.52. The van der Waals surface area contributed by atoms with E-state index in [4.69, 9.17) is 4.74 Å². The number of anilines is 1. The Labute approximate surface area is 170 Å². The van der Waals surface area contributed by atoms with Crippen LogP contribution in [0.1, 0.15) is 34.6 Å². The minimum absolute atomic E-state index is 0.0186. The lowest BCUT2D eigenvalue weighted by Crippen LogP contribution is -2.50. The van der Waals surface area contributed by atoms with Crippen LogP contribution in [0.25, 0.3) is 0 Å². The van der Waals surface area contributed by atoms with Gasteiger partial charge in [0.2, 0.25) is 5.91 Å². The SMILES string of the molecule is CCOc1ccc(NC(=O)c2cccc(C(=O)N3CCN(C(C)=O)CC3)c2)cc1. The zero-order valence-electron chi connectivity index (χ0n) is 16.7. The zero-order chi connectivity index (χ0) is 20.8. The Kier molecular flexibility index (Phi) is 6.49. The van der Waals surface area contributed by atoms with Crippen LogP contribution in [0.15, 0.2) is 48.5 Å². The van der Waals surface area contributed by atoms with E-state index in [2.05, 4.69) is 5.32 Å². The van der Waals surface area contributed by atoms with Gasteiger partial charge in [0.15, 0.2) is 0 Å². The Morgan fingerprint density at radius 1 is 0.931 bits per heavy atom. The fourth-order valence-electron chi connectivity index (χ4n) is 3.20. The van der Waals surface area contributed by atoms with Crippen LogP contribution >= 0.6 is 0 Å². The Morgan fingerprint density at radius 2 is 1.55 bits per heavy atom. The minimum Gasteiger partial charge on any atom is -0.494 e. The molecule has 2 aromatic rings. The average Bonchev–Trinajstić information content (AvgIpc) is 2.75. The van der Waals surface area contributed by atoms with Crippen molar-refractivity contribution in [3.8, 4) is 5.75 Å². The molecule has 0 unspecified atom stereocenters. The third-order valence-electron chi connectivity index (χ3n) is 4.81. The third kappa shape index (κ3) is 5.13. The van der Waals surface area contributed by atoms with Gasteiger partial charge in [-0.3, -0.25) is 14.4 Å². The van der Waals surface area contributed by atoms with E-state index < -0.39 is 0 Å². The molecule has 1 aliphatic rings. The number of rotatable bonds is 5. The molecule has 0 bridgehead atoms. The maximum Gasteiger partial charge on any atom is 0.255 e. The number of ether oxygens (including phenoxy) is 1. The standard InChI is InChI=1S/C22H25N3O4/c1-3-29-20-9-7-19(8-10-20)23-21(27)17-5-4-6-18(15-17)22(28)25-13-11-24(12-14-25)16(2)26/h4-10,15H,3,11-14H2,1-2H3,(H,23,27). The monoisotopic (exact) mass is 395 g/mol. The topological polar surface area (TPSA) is 79.0 Å². The van der Waals surface area contributed by atoms with Gasteiger partial charge in [0.1, 0.15) is 5.75 Å². The maximum atomic E-state index is 12.8. The second-order valence-corrected chi connectivity index (χ2v) is 6.79. The van der Waals surface area contributed by atoms with Gasteiger partial charge >= 0.3 is 0 Å². The third-order valence-corrected chi connectivity index (χ3v) is 4.81. The fourth-order valence-corrected chi connectivity index (χ4v) is 3.20. The second-order valence-electron chi connectivity index (χ2n) is 6.79. The Hall–Kier alpha value is -3.35. The predicted octanol–water partition coefficient (Wildman–Crippen LogP) is 2.64. The molecule has 3 rings (SSSR count). The molecular weight excluding hydrogens is 370 g/mol.